The summed E-state index contributed by atoms with van der Waals surface area (Å²) in [6.07, 6.45) is 1.34. The van der Waals surface area contributed by atoms with Gasteiger partial charge in [0.25, 0.3) is 5.91 Å². The number of nitrogens with one attached hydrogen (secondary N) is 1. The van der Waals surface area contributed by atoms with E-state index in [2.05, 4.69) is 5.32 Å². The lowest BCUT2D eigenvalue weighted by Crippen LogP contribution is -2.18. The molecule has 0 aliphatic carbocycles. The molecule has 4 rings (SSSR count). The summed E-state index contributed by atoms with van der Waals surface area (Å²) < 4.78 is 24.8. The standard InChI is InChI=1S/C27H24FNO4/c1-17-15-22-23(16-20(17)9-6-14-32-27(31)19-7-4-3-5-8-19)33-25(24(22)26(30)29-2)18-10-12-21(28)13-11-18/h3-5,7-8,10-13,15-16H,6,9,14H2,1-2H3,(H,29,30). The van der Waals surface area contributed by atoms with Crippen LogP contribution in [0.3, 0.4) is 0 Å². The van der Waals surface area contributed by atoms with Crippen molar-refractivity contribution >= 4 is 22.8 Å². The van der Waals surface area contributed by atoms with E-state index in [1.165, 1.54) is 12.1 Å². The first kappa shape index (κ1) is 22.3. The third kappa shape index (κ3) is 4.80. The average Bonchev–Trinajstić information content (AvgIpc) is 3.20. The zero-order chi connectivity index (χ0) is 23.4. The van der Waals surface area contributed by atoms with E-state index in [9.17, 15) is 14.0 Å². The molecule has 0 saturated heterocycles. The van der Waals surface area contributed by atoms with Gasteiger partial charge in [-0.1, -0.05) is 18.2 Å². The Bertz CT molecular complexity index is 1290. The molecule has 0 atom stereocenters. The van der Waals surface area contributed by atoms with Crippen LogP contribution in [-0.4, -0.2) is 25.5 Å². The summed E-state index contributed by atoms with van der Waals surface area (Å²) in [4.78, 5) is 24.7. The summed E-state index contributed by atoms with van der Waals surface area (Å²) >= 11 is 0. The number of hydrogen-bond acceptors (Lipinski definition) is 4. The number of rotatable bonds is 7. The molecule has 0 unspecified atom stereocenters. The molecule has 1 aromatic heterocycles. The van der Waals surface area contributed by atoms with E-state index in [0.29, 0.717) is 52.9 Å². The maximum atomic E-state index is 13.4. The van der Waals surface area contributed by atoms with Gasteiger partial charge < -0.3 is 14.5 Å². The van der Waals surface area contributed by atoms with Crippen molar-refractivity contribution in [3.63, 3.8) is 0 Å². The molecule has 3 aromatic carbocycles. The Kier molecular flexibility index (Phi) is 6.54. The number of amides is 1. The lowest BCUT2D eigenvalue weighted by atomic mass is 9.99. The number of furan rings is 1. The van der Waals surface area contributed by atoms with Gasteiger partial charge in [0, 0.05) is 18.0 Å². The summed E-state index contributed by atoms with van der Waals surface area (Å²) in [5, 5.41) is 3.36. The highest BCUT2D eigenvalue weighted by Crippen LogP contribution is 2.35. The highest BCUT2D eigenvalue weighted by Gasteiger charge is 2.22. The van der Waals surface area contributed by atoms with Crippen LogP contribution in [0.5, 0.6) is 0 Å². The first-order valence-electron chi connectivity index (χ1n) is 10.7. The van der Waals surface area contributed by atoms with Crippen LogP contribution in [0.15, 0.2) is 71.1 Å². The van der Waals surface area contributed by atoms with Crippen molar-refractivity contribution in [2.75, 3.05) is 13.7 Å². The number of ether oxygens (including phenoxy) is 1. The molecular formula is C27H24FNO4. The number of hydrogen-bond donors (Lipinski definition) is 1. The summed E-state index contributed by atoms with van der Waals surface area (Å²) in [7, 11) is 1.56. The largest absolute Gasteiger partial charge is 0.462 e. The Morgan fingerprint density at radius 2 is 1.76 bits per heavy atom. The van der Waals surface area contributed by atoms with Crippen LogP contribution in [0.1, 0.15) is 38.3 Å². The van der Waals surface area contributed by atoms with Crippen LogP contribution in [0.4, 0.5) is 4.39 Å². The van der Waals surface area contributed by atoms with Gasteiger partial charge in [-0.15, -0.1) is 0 Å². The predicted octanol–water partition coefficient (Wildman–Crippen LogP) is 5.70. The third-order valence-electron chi connectivity index (χ3n) is 5.54. The van der Waals surface area contributed by atoms with Gasteiger partial charge in [-0.3, -0.25) is 4.79 Å². The summed E-state index contributed by atoms with van der Waals surface area (Å²) in [6.45, 7) is 2.27. The maximum absolute atomic E-state index is 13.4. The van der Waals surface area contributed by atoms with Crippen molar-refractivity contribution in [1.82, 2.24) is 5.32 Å². The van der Waals surface area contributed by atoms with Crippen LogP contribution in [0.2, 0.25) is 0 Å². The van der Waals surface area contributed by atoms with Gasteiger partial charge in [0.2, 0.25) is 0 Å². The van der Waals surface area contributed by atoms with Crippen molar-refractivity contribution in [3.8, 4) is 11.3 Å². The SMILES string of the molecule is CNC(=O)c1c(-c2ccc(F)cc2)oc2cc(CCCOC(=O)c3ccccc3)c(C)cc12. The number of esters is 1. The fourth-order valence-corrected chi connectivity index (χ4v) is 3.80. The summed E-state index contributed by atoms with van der Waals surface area (Å²) in [6, 6.07) is 18.6. The second-order valence-electron chi connectivity index (χ2n) is 7.77. The molecule has 0 fully saturated rings. The normalized spacial score (nSPS) is 10.9. The molecule has 1 amide bonds. The minimum absolute atomic E-state index is 0.270. The lowest BCUT2D eigenvalue weighted by Gasteiger charge is -2.08. The summed E-state index contributed by atoms with van der Waals surface area (Å²) in [5.41, 5.74) is 4.20. The molecule has 6 heteroatoms. The average molecular weight is 445 g/mol. The highest BCUT2D eigenvalue weighted by molar-refractivity contribution is 6.11. The van der Waals surface area contributed by atoms with Crippen molar-refractivity contribution in [2.45, 2.75) is 19.8 Å². The van der Waals surface area contributed by atoms with Gasteiger partial charge in [-0.25, -0.2) is 9.18 Å². The van der Waals surface area contributed by atoms with E-state index in [1.807, 2.05) is 25.1 Å². The smallest absolute Gasteiger partial charge is 0.338 e. The number of halogens is 1. The molecule has 0 saturated carbocycles. The fraction of sp³-hybridized carbons (Fsp3) is 0.185. The monoisotopic (exact) mass is 445 g/mol. The van der Waals surface area contributed by atoms with E-state index >= 15 is 0 Å². The molecular weight excluding hydrogens is 421 g/mol. The molecule has 0 bridgehead atoms. The van der Waals surface area contributed by atoms with Crippen LogP contribution < -0.4 is 5.32 Å². The number of carbonyl (C=O) groups is 2. The minimum atomic E-state index is -0.359. The number of benzene rings is 3. The van der Waals surface area contributed by atoms with Gasteiger partial charge in [0.15, 0.2) is 0 Å². The molecule has 168 valence electrons. The topological polar surface area (TPSA) is 68.5 Å². The first-order chi connectivity index (χ1) is 16.0. The highest BCUT2D eigenvalue weighted by atomic mass is 19.1. The zero-order valence-corrected chi connectivity index (χ0v) is 18.5. The Morgan fingerprint density at radius 1 is 1.03 bits per heavy atom. The van der Waals surface area contributed by atoms with Crippen LogP contribution >= 0.6 is 0 Å². The summed E-state index contributed by atoms with van der Waals surface area (Å²) in [5.74, 6) is -0.568. The predicted molar refractivity (Wildman–Crippen MR) is 125 cm³/mol. The van der Waals surface area contributed by atoms with E-state index in [0.717, 1.165) is 11.1 Å². The van der Waals surface area contributed by atoms with Gasteiger partial charge in [0.05, 0.1) is 17.7 Å². The third-order valence-corrected chi connectivity index (χ3v) is 5.54. The van der Waals surface area contributed by atoms with Gasteiger partial charge >= 0.3 is 5.97 Å². The zero-order valence-electron chi connectivity index (χ0n) is 18.5. The van der Waals surface area contributed by atoms with Crippen molar-refractivity contribution < 1.29 is 23.1 Å². The van der Waals surface area contributed by atoms with Crippen LogP contribution in [0, 0.1) is 12.7 Å². The quantitative estimate of drug-likeness (QED) is 0.293. The number of fused-ring (bicyclic) bond motifs is 1. The van der Waals surface area contributed by atoms with E-state index < -0.39 is 0 Å². The molecule has 0 aliphatic heterocycles. The molecule has 0 radical (unpaired) electrons. The number of aryl methyl sites for hydroxylation is 2. The Hall–Kier alpha value is -3.93. The van der Waals surface area contributed by atoms with Crippen molar-refractivity contribution in [1.29, 1.82) is 0 Å². The van der Waals surface area contributed by atoms with Gasteiger partial charge in [-0.05, 0) is 79.4 Å². The van der Waals surface area contributed by atoms with E-state index in [1.54, 1.807) is 43.4 Å². The molecule has 4 aromatic rings. The Balaban J connectivity index is 1.55. The van der Waals surface area contributed by atoms with E-state index in [4.69, 9.17) is 9.15 Å². The lowest BCUT2D eigenvalue weighted by molar-refractivity contribution is 0.0500. The second kappa shape index (κ2) is 9.69. The van der Waals surface area contributed by atoms with Crippen LogP contribution in [-0.2, 0) is 11.2 Å². The fourth-order valence-electron chi connectivity index (χ4n) is 3.80. The Labute approximate surface area is 191 Å². The molecule has 0 spiro atoms. The molecule has 5 nitrogen and oxygen atoms in total. The van der Waals surface area contributed by atoms with Crippen molar-refractivity contribution in [3.05, 3.63) is 94.8 Å². The molecule has 0 aliphatic rings. The van der Waals surface area contributed by atoms with Crippen LogP contribution in [0.25, 0.3) is 22.3 Å². The molecule has 33 heavy (non-hydrogen) atoms. The minimum Gasteiger partial charge on any atom is -0.462 e. The second-order valence-corrected chi connectivity index (χ2v) is 7.77. The van der Waals surface area contributed by atoms with Crippen molar-refractivity contribution in [2.24, 2.45) is 0 Å². The number of carbonyl (C=O) groups excluding carboxylic acids is 2. The molecule has 1 N–H and O–H groups in total. The van der Waals surface area contributed by atoms with Gasteiger partial charge in [-0.2, -0.15) is 0 Å². The van der Waals surface area contributed by atoms with Gasteiger partial charge in [0.1, 0.15) is 17.2 Å². The Morgan fingerprint density at radius 3 is 2.45 bits per heavy atom. The first-order valence-corrected chi connectivity index (χ1v) is 10.7. The maximum Gasteiger partial charge on any atom is 0.338 e. The molecule has 1 heterocycles. The van der Waals surface area contributed by atoms with E-state index in [-0.39, 0.29) is 17.7 Å².